The van der Waals surface area contributed by atoms with Crippen LogP contribution in [0.1, 0.15) is 13.8 Å². The molecule has 1 aromatic heterocycles. The molecule has 1 N–H and O–H groups in total. The summed E-state index contributed by atoms with van der Waals surface area (Å²) in [7, 11) is 3.98. The highest BCUT2D eigenvalue weighted by Gasteiger charge is 2.18. The van der Waals surface area contributed by atoms with Gasteiger partial charge in [-0.25, -0.2) is 4.68 Å². The van der Waals surface area contributed by atoms with Crippen molar-refractivity contribution in [2.45, 2.75) is 26.4 Å². The van der Waals surface area contributed by atoms with Gasteiger partial charge in [0.25, 0.3) is 5.56 Å². The van der Waals surface area contributed by atoms with Gasteiger partial charge in [-0.3, -0.25) is 4.79 Å². The number of nitrogens with zero attached hydrogens (tertiary/aromatic N) is 3. The van der Waals surface area contributed by atoms with Crippen LogP contribution in [0, 0.1) is 18.3 Å². The zero-order chi connectivity index (χ0) is 15.3. The van der Waals surface area contributed by atoms with E-state index in [0.717, 1.165) is 6.54 Å². The van der Waals surface area contributed by atoms with Crippen LogP contribution < -0.4 is 10.9 Å². The van der Waals surface area contributed by atoms with Crippen molar-refractivity contribution < 1.29 is 0 Å². The van der Waals surface area contributed by atoms with Crippen molar-refractivity contribution in [3.8, 4) is 12.3 Å². The molecule has 1 rings (SSSR count). The summed E-state index contributed by atoms with van der Waals surface area (Å²) in [6.07, 6.45) is 6.66. The normalized spacial score (nSPS) is 12.5. The third kappa shape index (κ3) is 4.26. The summed E-state index contributed by atoms with van der Waals surface area (Å²) in [5.74, 6) is 2.75. The average molecular weight is 297 g/mol. The van der Waals surface area contributed by atoms with E-state index in [2.05, 4.69) is 35.1 Å². The van der Waals surface area contributed by atoms with Gasteiger partial charge < -0.3 is 10.2 Å². The van der Waals surface area contributed by atoms with E-state index in [0.29, 0.717) is 16.6 Å². The molecule has 1 unspecified atom stereocenters. The van der Waals surface area contributed by atoms with Crippen LogP contribution in [0.5, 0.6) is 0 Å². The molecule has 1 heterocycles. The van der Waals surface area contributed by atoms with Gasteiger partial charge in [-0.2, -0.15) is 5.10 Å². The van der Waals surface area contributed by atoms with Gasteiger partial charge in [-0.1, -0.05) is 31.4 Å². The maximum absolute atomic E-state index is 12.3. The van der Waals surface area contributed by atoms with Crippen LogP contribution in [-0.4, -0.2) is 41.4 Å². The number of halogens is 1. The third-order valence-electron chi connectivity index (χ3n) is 2.93. The van der Waals surface area contributed by atoms with Crippen molar-refractivity contribution in [1.29, 1.82) is 0 Å². The number of aromatic nitrogens is 2. The summed E-state index contributed by atoms with van der Waals surface area (Å²) in [4.78, 5) is 14.3. The Morgan fingerprint density at radius 2 is 2.20 bits per heavy atom. The molecule has 110 valence electrons. The predicted octanol–water partition coefficient (Wildman–Crippen LogP) is 1.53. The summed E-state index contributed by atoms with van der Waals surface area (Å²) in [6.45, 7) is 5.11. The largest absolute Gasteiger partial charge is 0.375 e. The Hall–Kier alpha value is -1.51. The minimum atomic E-state index is -0.292. The monoisotopic (exact) mass is 296 g/mol. The van der Waals surface area contributed by atoms with Gasteiger partial charge in [-0.05, 0) is 20.0 Å². The van der Waals surface area contributed by atoms with Crippen LogP contribution >= 0.6 is 11.6 Å². The van der Waals surface area contributed by atoms with Gasteiger partial charge in [0.2, 0.25) is 0 Å². The first kappa shape index (κ1) is 16.5. The molecule has 0 saturated carbocycles. The second-order valence-electron chi connectivity index (χ2n) is 5.29. The van der Waals surface area contributed by atoms with Crippen molar-refractivity contribution in [2.24, 2.45) is 5.92 Å². The van der Waals surface area contributed by atoms with E-state index >= 15 is 0 Å². The summed E-state index contributed by atoms with van der Waals surface area (Å²) >= 11 is 6.08. The summed E-state index contributed by atoms with van der Waals surface area (Å²) in [6, 6.07) is 0.108. The first-order valence-corrected chi connectivity index (χ1v) is 6.85. The van der Waals surface area contributed by atoms with E-state index in [9.17, 15) is 4.79 Å². The zero-order valence-electron chi connectivity index (χ0n) is 12.4. The molecular weight excluding hydrogens is 276 g/mol. The van der Waals surface area contributed by atoms with E-state index < -0.39 is 0 Å². The number of hydrogen-bond acceptors (Lipinski definition) is 4. The fourth-order valence-corrected chi connectivity index (χ4v) is 1.98. The molecule has 0 saturated heterocycles. The molecule has 0 aromatic carbocycles. The van der Waals surface area contributed by atoms with Gasteiger partial charge in [0.05, 0.1) is 11.2 Å². The topological polar surface area (TPSA) is 50.2 Å². The van der Waals surface area contributed by atoms with Crippen molar-refractivity contribution in [2.75, 3.05) is 26.0 Å². The second-order valence-corrected chi connectivity index (χ2v) is 5.70. The molecule has 5 nitrogen and oxygen atoms in total. The Morgan fingerprint density at radius 3 is 2.70 bits per heavy atom. The van der Waals surface area contributed by atoms with Gasteiger partial charge in [0.1, 0.15) is 12.2 Å². The average Bonchev–Trinajstić information content (AvgIpc) is 2.36. The number of terminal acetylenes is 1. The lowest BCUT2D eigenvalue weighted by atomic mass is 10.0. The van der Waals surface area contributed by atoms with Gasteiger partial charge in [0, 0.05) is 12.6 Å². The van der Waals surface area contributed by atoms with E-state index in [-0.39, 0.29) is 18.1 Å². The molecule has 0 aliphatic heterocycles. The van der Waals surface area contributed by atoms with Crippen LogP contribution in [0.2, 0.25) is 5.02 Å². The Labute approximate surface area is 124 Å². The van der Waals surface area contributed by atoms with E-state index in [1.165, 1.54) is 10.9 Å². The van der Waals surface area contributed by atoms with E-state index in [4.69, 9.17) is 18.0 Å². The van der Waals surface area contributed by atoms with E-state index in [1.807, 2.05) is 14.1 Å². The van der Waals surface area contributed by atoms with Crippen LogP contribution in [0.15, 0.2) is 11.0 Å². The van der Waals surface area contributed by atoms with Crippen molar-refractivity contribution >= 4 is 17.3 Å². The zero-order valence-corrected chi connectivity index (χ0v) is 13.1. The highest BCUT2D eigenvalue weighted by atomic mass is 35.5. The molecule has 0 aliphatic rings. The van der Waals surface area contributed by atoms with Crippen LogP contribution in [0.25, 0.3) is 0 Å². The number of rotatable bonds is 6. The fraction of sp³-hybridized carbons (Fsp3) is 0.571. The maximum atomic E-state index is 12.3. The fourth-order valence-electron chi connectivity index (χ4n) is 1.80. The van der Waals surface area contributed by atoms with Gasteiger partial charge >= 0.3 is 0 Å². The van der Waals surface area contributed by atoms with Gasteiger partial charge in [-0.15, -0.1) is 6.42 Å². The molecule has 0 radical (unpaired) electrons. The van der Waals surface area contributed by atoms with Crippen molar-refractivity contribution in [3.63, 3.8) is 0 Å². The first-order chi connectivity index (χ1) is 9.36. The van der Waals surface area contributed by atoms with Crippen LogP contribution in [0.4, 0.5) is 5.69 Å². The minimum Gasteiger partial charge on any atom is -0.375 e. The Morgan fingerprint density at radius 1 is 1.55 bits per heavy atom. The number of hydrogen-bond donors (Lipinski definition) is 1. The predicted molar refractivity (Wildman–Crippen MR) is 83.1 cm³/mol. The Bertz CT molecular complexity index is 545. The molecular formula is C14H21ClN4O. The summed E-state index contributed by atoms with van der Waals surface area (Å²) < 4.78 is 1.22. The Kier molecular flexibility index (Phi) is 6.05. The lowest BCUT2D eigenvalue weighted by Crippen LogP contribution is -2.39. The quantitative estimate of drug-likeness (QED) is 0.809. The number of likely N-dealkylation sites (N-methyl/N-ethyl adjacent to an activating group) is 1. The highest BCUT2D eigenvalue weighted by Crippen LogP contribution is 2.18. The molecule has 0 spiro atoms. The van der Waals surface area contributed by atoms with Crippen molar-refractivity contribution in [3.05, 3.63) is 21.6 Å². The first-order valence-electron chi connectivity index (χ1n) is 6.47. The molecule has 20 heavy (non-hydrogen) atoms. The lowest BCUT2D eigenvalue weighted by Gasteiger charge is -2.26. The number of anilines is 1. The molecule has 0 aliphatic carbocycles. The van der Waals surface area contributed by atoms with Crippen molar-refractivity contribution in [1.82, 2.24) is 14.7 Å². The Balaban J connectivity index is 3.09. The molecule has 0 bridgehead atoms. The molecule has 0 fully saturated rings. The van der Waals surface area contributed by atoms with Crippen LogP contribution in [0.3, 0.4) is 0 Å². The second kappa shape index (κ2) is 7.32. The molecule has 6 heteroatoms. The van der Waals surface area contributed by atoms with E-state index in [1.54, 1.807) is 0 Å². The maximum Gasteiger partial charge on any atom is 0.292 e. The summed E-state index contributed by atoms with van der Waals surface area (Å²) in [5.41, 5.74) is 0.0670. The minimum absolute atomic E-state index is 0.108. The SMILES string of the molecule is C#CCn1ncc(Cl)c(NC(CN(C)C)C(C)C)c1=O. The molecule has 1 atom stereocenters. The third-order valence-corrected chi connectivity index (χ3v) is 3.22. The summed E-state index contributed by atoms with van der Waals surface area (Å²) in [5, 5.41) is 7.46. The molecule has 0 amide bonds. The smallest absolute Gasteiger partial charge is 0.292 e. The highest BCUT2D eigenvalue weighted by molar-refractivity contribution is 6.33. The standard InChI is InChI=1S/C14H21ClN4O/c1-6-7-19-14(20)13(11(15)8-16-19)17-12(10(2)3)9-18(4)5/h1,8,10,12,17H,7,9H2,2-5H3. The lowest BCUT2D eigenvalue weighted by molar-refractivity contribution is 0.344. The molecule has 1 aromatic rings. The van der Waals surface area contributed by atoms with Crippen LogP contribution in [-0.2, 0) is 6.54 Å². The van der Waals surface area contributed by atoms with Gasteiger partial charge in [0.15, 0.2) is 0 Å². The number of nitrogens with one attached hydrogen (secondary N) is 1.